The van der Waals surface area contributed by atoms with Gasteiger partial charge in [0.25, 0.3) is 6.71 Å². The van der Waals surface area contributed by atoms with Crippen LogP contribution < -0.4 is 26.4 Å². The Hall–Kier alpha value is -4.18. The molecular formula is C61H79BN2O. The lowest BCUT2D eigenvalue weighted by Crippen LogP contribution is -2.62. The first-order valence-electron chi connectivity index (χ1n) is 25.4. The minimum Gasteiger partial charge on any atom is -0.468 e. The lowest BCUT2D eigenvalue weighted by molar-refractivity contribution is 0.289. The zero-order valence-corrected chi connectivity index (χ0v) is 43.7. The van der Waals surface area contributed by atoms with Crippen LogP contribution in [0.25, 0.3) is 6.08 Å². The van der Waals surface area contributed by atoms with Gasteiger partial charge in [0, 0.05) is 34.0 Å². The Bertz CT molecular complexity index is 2770. The number of hydrogen-bond donors (Lipinski definition) is 0. The van der Waals surface area contributed by atoms with Gasteiger partial charge in [0.1, 0.15) is 5.76 Å². The molecule has 342 valence electrons. The van der Waals surface area contributed by atoms with E-state index < -0.39 is 0 Å². The standard InChI is InChI=1S/C61H79BN2O/c1-36-29-42-44(60(15,16)27-25-58(42,11)12)34-47(36)64-48-35-45-43(59(13,14)26-28-61(45,17)18)33-46(48)62-52-49(31-39(32-50(52)64)57(8,9)10)63(40-22-19-37(20-23-40)55(2,3)4)53-41-30-38(56(5,6)7)21-24-51(41)65-54(53)62/h19,21-22,24,29,31-35,38H,20,23,25-28,30H2,1-18H3. The molecule has 0 fully saturated rings. The summed E-state index contributed by atoms with van der Waals surface area (Å²) in [4.78, 5) is 5.47. The predicted octanol–water partition coefficient (Wildman–Crippen LogP) is 15.2. The van der Waals surface area contributed by atoms with Crippen molar-refractivity contribution in [1.82, 2.24) is 0 Å². The summed E-state index contributed by atoms with van der Waals surface area (Å²) in [6, 6.07) is 15.7. The van der Waals surface area contributed by atoms with Gasteiger partial charge in [-0.2, -0.15) is 0 Å². The van der Waals surface area contributed by atoms with E-state index in [1.54, 1.807) is 0 Å². The molecule has 65 heavy (non-hydrogen) atoms. The van der Waals surface area contributed by atoms with Gasteiger partial charge in [-0.1, -0.05) is 148 Å². The Kier molecular flexibility index (Phi) is 9.58. The summed E-state index contributed by atoms with van der Waals surface area (Å²) in [5.74, 6) is 1.46. The second-order valence-electron chi connectivity index (χ2n) is 27.3. The number of nitrogens with zero attached hydrogens (tertiary/aromatic N) is 2. The molecule has 3 heterocycles. The van der Waals surface area contributed by atoms with Crippen LogP contribution in [0.2, 0.25) is 0 Å². The number of rotatable bonds is 2. The first kappa shape index (κ1) is 44.7. The normalized spacial score (nSPS) is 22.2. The maximum absolute atomic E-state index is 7.53. The van der Waals surface area contributed by atoms with Crippen LogP contribution in [0.4, 0.5) is 28.4 Å². The third kappa shape index (κ3) is 6.86. The van der Waals surface area contributed by atoms with Crippen LogP contribution in [0.15, 0.2) is 70.3 Å². The molecule has 4 aliphatic carbocycles. The van der Waals surface area contributed by atoms with Crippen LogP contribution >= 0.6 is 0 Å². The van der Waals surface area contributed by atoms with Gasteiger partial charge in [0.05, 0.1) is 11.3 Å². The van der Waals surface area contributed by atoms with E-state index in [9.17, 15) is 0 Å². The van der Waals surface area contributed by atoms with Crippen LogP contribution in [0.3, 0.4) is 0 Å². The van der Waals surface area contributed by atoms with Gasteiger partial charge >= 0.3 is 0 Å². The molecule has 0 N–H and O–H groups in total. The third-order valence-corrected chi connectivity index (χ3v) is 17.7. The first-order valence-corrected chi connectivity index (χ1v) is 25.4. The number of fused-ring (bicyclic) bond motifs is 8. The van der Waals surface area contributed by atoms with Gasteiger partial charge in [0.2, 0.25) is 0 Å². The Balaban J connectivity index is 1.35. The molecule has 0 spiro atoms. The molecule has 1 aromatic heterocycles. The summed E-state index contributed by atoms with van der Waals surface area (Å²) < 4.78 is 7.53. The highest BCUT2D eigenvalue weighted by Crippen LogP contribution is 2.55. The van der Waals surface area contributed by atoms with E-state index in [0.29, 0.717) is 5.92 Å². The van der Waals surface area contributed by atoms with Gasteiger partial charge in [-0.3, -0.25) is 0 Å². The number of allylic oxidation sites excluding steroid dienone is 5. The molecule has 1 atom stereocenters. The smallest absolute Gasteiger partial charge is 0.297 e. The van der Waals surface area contributed by atoms with Crippen molar-refractivity contribution in [2.75, 3.05) is 9.80 Å². The van der Waals surface area contributed by atoms with Gasteiger partial charge in [-0.15, -0.1) is 0 Å². The Morgan fingerprint density at radius 2 is 1.14 bits per heavy atom. The van der Waals surface area contributed by atoms with Crippen molar-refractivity contribution >= 4 is 57.8 Å². The summed E-state index contributed by atoms with van der Waals surface area (Å²) >= 11 is 0. The highest BCUT2D eigenvalue weighted by Gasteiger charge is 2.51. The molecule has 0 bridgehead atoms. The van der Waals surface area contributed by atoms with Crippen LogP contribution in [0.5, 0.6) is 0 Å². The topological polar surface area (TPSA) is 19.6 Å². The van der Waals surface area contributed by atoms with E-state index in [1.165, 1.54) is 115 Å². The van der Waals surface area contributed by atoms with E-state index in [-0.39, 0.29) is 44.6 Å². The van der Waals surface area contributed by atoms with Crippen molar-refractivity contribution in [2.45, 2.75) is 197 Å². The number of anilines is 5. The van der Waals surface area contributed by atoms with E-state index in [0.717, 1.165) is 30.7 Å². The quantitative estimate of drug-likeness (QED) is 0.165. The zero-order chi connectivity index (χ0) is 46.9. The van der Waals surface area contributed by atoms with Crippen molar-refractivity contribution in [2.24, 2.45) is 16.7 Å². The van der Waals surface area contributed by atoms with Crippen molar-refractivity contribution < 1.29 is 4.42 Å². The van der Waals surface area contributed by atoms with Gasteiger partial charge in [-0.05, 0) is 176 Å². The van der Waals surface area contributed by atoms with Crippen LogP contribution in [-0.2, 0) is 33.5 Å². The molecule has 0 amide bonds. The molecule has 10 rings (SSSR count). The minimum absolute atomic E-state index is 0.0529. The van der Waals surface area contributed by atoms with Crippen molar-refractivity contribution in [3.8, 4) is 0 Å². The SMILES string of the molecule is Cc1cc2c(cc1N1c3cc4c(cc3B3c5oc6c(c5N(C5=CC=C(C(C)(C)C)CC5)c5cc(C(C)(C)C)cc1c53)CC(C(C)(C)C)C=C6)C(C)(C)CCC4(C)C)C(C)(C)CCC2(C)C. The summed E-state index contributed by atoms with van der Waals surface area (Å²) in [5.41, 5.74) is 24.0. The highest BCUT2D eigenvalue weighted by atomic mass is 16.3. The summed E-state index contributed by atoms with van der Waals surface area (Å²) in [7, 11) is 0. The Labute approximate surface area is 394 Å². The number of aryl methyl sites for hydroxylation is 1. The Morgan fingerprint density at radius 3 is 1.66 bits per heavy atom. The largest absolute Gasteiger partial charge is 0.468 e. The predicted molar refractivity (Wildman–Crippen MR) is 281 cm³/mol. The fourth-order valence-electron chi connectivity index (χ4n) is 12.7. The van der Waals surface area contributed by atoms with E-state index in [1.807, 2.05) is 0 Å². The van der Waals surface area contributed by atoms with Gasteiger partial charge in [-0.25, -0.2) is 0 Å². The fraction of sp³-hybridized carbons (Fsp3) is 0.541. The molecule has 0 radical (unpaired) electrons. The third-order valence-electron chi connectivity index (χ3n) is 17.7. The summed E-state index contributed by atoms with van der Waals surface area (Å²) in [6.07, 6.45) is 17.5. The molecule has 2 aliphatic heterocycles. The minimum atomic E-state index is -0.0894. The van der Waals surface area contributed by atoms with Crippen molar-refractivity contribution in [1.29, 1.82) is 0 Å². The molecule has 4 aromatic rings. The maximum atomic E-state index is 7.53. The molecule has 0 saturated heterocycles. The van der Waals surface area contributed by atoms with E-state index in [2.05, 4.69) is 195 Å². The first-order chi connectivity index (χ1) is 30.0. The molecule has 6 aliphatic rings. The van der Waals surface area contributed by atoms with Crippen molar-refractivity contribution in [3.63, 3.8) is 0 Å². The highest BCUT2D eigenvalue weighted by molar-refractivity contribution is 6.99. The molecule has 3 nitrogen and oxygen atoms in total. The molecular weight excluding hydrogens is 787 g/mol. The maximum Gasteiger partial charge on any atom is 0.297 e. The number of benzene rings is 3. The van der Waals surface area contributed by atoms with Gasteiger partial charge in [0.15, 0.2) is 0 Å². The van der Waals surface area contributed by atoms with Crippen LogP contribution in [0.1, 0.15) is 201 Å². The average Bonchev–Trinajstić information content (AvgIpc) is 3.58. The average molecular weight is 867 g/mol. The lowest BCUT2D eigenvalue weighted by Gasteiger charge is -2.48. The molecule has 1 unspecified atom stereocenters. The lowest BCUT2D eigenvalue weighted by atomic mass is 9.35. The van der Waals surface area contributed by atoms with E-state index >= 15 is 0 Å². The summed E-state index contributed by atoms with van der Waals surface area (Å²) in [6.45, 7) is 43.7. The van der Waals surface area contributed by atoms with Crippen LogP contribution in [-0.4, -0.2) is 6.71 Å². The number of furan rings is 1. The molecule has 0 saturated carbocycles. The summed E-state index contributed by atoms with van der Waals surface area (Å²) in [5, 5.41) is 0. The van der Waals surface area contributed by atoms with Crippen molar-refractivity contribution in [3.05, 3.63) is 111 Å². The Morgan fingerprint density at radius 1 is 0.600 bits per heavy atom. The second kappa shape index (κ2) is 13.9. The zero-order valence-electron chi connectivity index (χ0n) is 43.7. The number of hydrogen-bond acceptors (Lipinski definition) is 3. The second-order valence-corrected chi connectivity index (χ2v) is 27.3. The molecule has 3 aromatic carbocycles. The monoisotopic (exact) mass is 867 g/mol. The van der Waals surface area contributed by atoms with E-state index in [4.69, 9.17) is 4.42 Å². The van der Waals surface area contributed by atoms with Crippen LogP contribution in [0, 0.1) is 23.7 Å². The fourth-order valence-corrected chi connectivity index (χ4v) is 12.7. The van der Waals surface area contributed by atoms with Gasteiger partial charge < -0.3 is 14.2 Å². The molecule has 4 heteroatoms.